The third-order valence-electron chi connectivity index (χ3n) is 7.31. The third kappa shape index (κ3) is 11.2. The Balaban J connectivity index is 1.89. The fourth-order valence-corrected chi connectivity index (χ4v) is 7.88. The second kappa shape index (κ2) is 16.6. The van der Waals surface area contributed by atoms with Gasteiger partial charge in [-0.1, -0.05) is 70.8 Å². The summed E-state index contributed by atoms with van der Waals surface area (Å²) >= 11 is 0. The van der Waals surface area contributed by atoms with Gasteiger partial charge in [-0.2, -0.15) is 33.7 Å². The standard InChI is InChI=1S/C32H36N2O16S4/c1-22-5-13-26(14-6-22)51(39,40)47-33(48-52(41,42)27-15-7-23(2)8-16-27)21-30(31(35)32(36,37)38)34(49-53(43,44)28-17-9-24(3)10-18-28)50-54(45,46)29-19-11-25(4)12-20-29/h5-20,30-31,35-38H,21H2,1-4H3. The van der Waals surface area contributed by atoms with Gasteiger partial charge < -0.3 is 20.4 Å². The van der Waals surface area contributed by atoms with Crippen molar-refractivity contribution in [2.45, 2.75) is 65.4 Å². The van der Waals surface area contributed by atoms with Crippen molar-refractivity contribution in [3.63, 3.8) is 0 Å². The Labute approximate surface area is 312 Å². The van der Waals surface area contributed by atoms with Crippen molar-refractivity contribution < 1.29 is 71.2 Å². The molecular weight excluding hydrogens is 797 g/mol. The number of hydrogen-bond acceptors (Lipinski definition) is 18. The van der Waals surface area contributed by atoms with Crippen molar-refractivity contribution >= 4 is 40.5 Å². The molecule has 0 heterocycles. The fraction of sp³-hybridized carbons (Fsp3) is 0.250. The summed E-state index contributed by atoms with van der Waals surface area (Å²) in [5.74, 6) is -4.28. The van der Waals surface area contributed by atoms with Crippen LogP contribution in [0.2, 0.25) is 0 Å². The molecule has 54 heavy (non-hydrogen) atoms. The van der Waals surface area contributed by atoms with Crippen molar-refractivity contribution in [3.05, 3.63) is 119 Å². The van der Waals surface area contributed by atoms with E-state index in [0.29, 0.717) is 22.3 Å². The number of hydroxylamine groups is 4. The van der Waals surface area contributed by atoms with Gasteiger partial charge in [-0.05, 0) is 86.7 Å². The highest BCUT2D eigenvalue weighted by Crippen LogP contribution is 2.27. The SMILES string of the molecule is Cc1ccc(S(=O)(=O)ON(CC(C(O)C(O)(O)O)N(OS(=O)(=O)c2ccc(C)cc2)OS(=O)(=O)c2ccc(C)cc2)OS(=O)(=O)c2ccc(C)cc2)cc1. The van der Waals surface area contributed by atoms with Crippen LogP contribution in [0.25, 0.3) is 0 Å². The summed E-state index contributed by atoms with van der Waals surface area (Å²) in [6.07, 6.45) is -3.22. The van der Waals surface area contributed by atoms with E-state index in [4.69, 9.17) is 17.1 Å². The summed E-state index contributed by atoms with van der Waals surface area (Å²) in [5.41, 5.74) is 2.37. The Kier molecular flexibility index (Phi) is 13.2. The quantitative estimate of drug-likeness (QED) is 0.0867. The van der Waals surface area contributed by atoms with E-state index in [1.165, 1.54) is 48.5 Å². The first kappa shape index (κ1) is 43.0. The van der Waals surface area contributed by atoms with Gasteiger partial charge in [0.05, 0.1) is 26.1 Å². The number of nitrogens with zero attached hydrogens (tertiary/aromatic N) is 2. The predicted octanol–water partition coefficient (Wildman–Crippen LogP) is 1.47. The normalized spacial score (nSPS) is 14.3. The van der Waals surface area contributed by atoms with Crippen LogP contribution in [-0.2, 0) is 57.6 Å². The average molecular weight is 833 g/mol. The number of aryl methyl sites for hydroxylation is 4. The van der Waals surface area contributed by atoms with Crippen molar-refractivity contribution in [1.29, 1.82) is 0 Å². The lowest BCUT2D eigenvalue weighted by molar-refractivity contribution is -0.397. The first-order valence-corrected chi connectivity index (χ1v) is 21.0. The maximum absolute atomic E-state index is 13.5. The lowest BCUT2D eigenvalue weighted by atomic mass is 10.1. The molecule has 2 unspecified atom stereocenters. The Bertz CT molecular complexity index is 2190. The first-order valence-electron chi connectivity index (χ1n) is 15.4. The molecule has 0 aliphatic rings. The molecule has 22 heteroatoms. The maximum atomic E-state index is 13.5. The van der Waals surface area contributed by atoms with Crippen LogP contribution in [0, 0.1) is 27.7 Å². The Hall–Kier alpha value is -3.72. The van der Waals surface area contributed by atoms with Crippen molar-refractivity contribution in [2.24, 2.45) is 0 Å². The van der Waals surface area contributed by atoms with Crippen LogP contribution in [0.4, 0.5) is 0 Å². The Morgan fingerprint density at radius 3 is 0.963 bits per heavy atom. The van der Waals surface area contributed by atoms with Gasteiger partial charge in [-0.3, -0.25) is 0 Å². The van der Waals surface area contributed by atoms with Crippen molar-refractivity contribution in [1.82, 2.24) is 10.5 Å². The molecule has 18 nitrogen and oxygen atoms in total. The van der Waals surface area contributed by atoms with Crippen molar-refractivity contribution in [3.8, 4) is 0 Å². The van der Waals surface area contributed by atoms with Crippen LogP contribution in [0.5, 0.6) is 0 Å². The number of hydrogen-bond donors (Lipinski definition) is 4. The molecular formula is C32H36N2O16S4. The molecule has 0 spiro atoms. The maximum Gasteiger partial charge on any atom is 0.315 e. The molecule has 0 aliphatic carbocycles. The molecule has 0 aliphatic heterocycles. The van der Waals surface area contributed by atoms with Crippen LogP contribution in [-0.4, -0.2) is 89.2 Å². The Morgan fingerprint density at radius 2 is 0.722 bits per heavy atom. The lowest BCUT2D eigenvalue weighted by Gasteiger charge is -2.35. The minimum atomic E-state index is -5.22. The van der Waals surface area contributed by atoms with E-state index in [-0.39, 0.29) is 5.23 Å². The van der Waals surface area contributed by atoms with Crippen LogP contribution < -0.4 is 0 Å². The van der Waals surface area contributed by atoms with E-state index in [1.54, 1.807) is 27.7 Å². The van der Waals surface area contributed by atoms with Gasteiger partial charge in [0.1, 0.15) is 6.04 Å². The topological polar surface area (TPSA) is 261 Å². The summed E-state index contributed by atoms with van der Waals surface area (Å²) in [7, 11) is -20.6. The van der Waals surface area contributed by atoms with Gasteiger partial charge in [0, 0.05) is 0 Å². The van der Waals surface area contributed by atoms with Crippen LogP contribution in [0.15, 0.2) is 117 Å². The van der Waals surface area contributed by atoms with Crippen molar-refractivity contribution in [2.75, 3.05) is 6.54 Å². The molecule has 0 aromatic heterocycles. The zero-order valence-corrected chi connectivity index (χ0v) is 32.1. The zero-order chi connectivity index (χ0) is 40.3. The van der Waals surface area contributed by atoms with E-state index >= 15 is 0 Å². The molecule has 0 radical (unpaired) electrons. The van der Waals surface area contributed by atoms with Crippen LogP contribution in [0.1, 0.15) is 22.3 Å². The largest absolute Gasteiger partial charge is 0.383 e. The second-order valence-corrected chi connectivity index (χ2v) is 18.0. The molecule has 2 atom stereocenters. The molecule has 0 saturated heterocycles. The molecule has 4 aromatic rings. The minimum Gasteiger partial charge on any atom is -0.383 e. The number of rotatable bonds is 17. The van der Waals surface area contributed by atoms with Gasteiger partial charge in [0.25, 0.3) is 0 Å². The first-order chi connectivity index (χ1) is 24.9. The predicted molar refractivity (Wildman–Crippen MR) is 186 cm³/mol. The van der Waals surface area contributed by atoms with E-state index in [0.717, 1.165) is 48.5 Å². The fourth-order valence-electron chi connectivity index (χ4n) is 4.29. The minimum absolute atomic E-state index is 0.374. The highest BCUT2D eigenvalue weighted by molar-refractivity contribution is 7.87. The van der Waals surface area contributed by atoms with E-state index in [9.17, 15) is 54.1 Å². The molecule has 4 rings (SSSR count). The molecule has 0 saturated carbocycles. The molecule has 0 amide bonds. The van der Waals surface area contributed by atoms with Crippen LogP contribution >= 0.6 is 0 Å². The van der Waals surface area contributed by atoms with E-state index in [1.807, 2.05) is 0 Å². The second-order valence-electron chi connectivity index (χ2n) is 11.9. The molecule has 0 bridgehead atoms. The Morgan fingerprint density at radius 1 is 0.481 bits per heavy atom. The zero-order valence-electron chi connectivity index (χ0n) is 28.8. The van der Waals surface area contributed by atoms with Gasteiger partial charge in [-0.25, -0.2) is 0 Å². The monoisotopic (exact) mass is 832 g/mol. The van der Waals surface area contributed by atoms with E-state index in [2.05, 4.69) is 0 Å². The van der Waals surface area contributed by atoms with Crippen LogP contribution in [0.3, 0.4) is 0 Å². The summed E-state index contributed by atoms with van der Waals surface area (Å²) in [6, 6.07) is 16.2. The van der Waals surface area contributed by atoms with E-state index < -0.39 is 89.9 Å². The summed E-state index contributed by atoms with van der Waals surface area (Å²) in [4.78, 5) is -2.44. The smallest absolute Gasteiger partial charge is 0.315 e. The molecule has 0 fully saturated rings. The number of benzene rings is 4. The van der Waals surface area contributed by atoms with Gasteiger partial charge in [0.15, 0.2) is 6.10 Å². The average Bonchev–Trinajstić information content (AvgIpc) is 3.06. The van der Waals surface area contributed by atoms with Gasteiger partial charge in [-0.15, -0.1) is 17.1 Å². The summed E-state index contributed by atoms with van der Waals surface area (Å²) in [5, 5.41) is 40.3. The summed E-state index contributed by atoms with van der Waals surface area (Å²) in [6.45, 7) is 4.76. The molecule has 4 N–H and O–H groups in total. The van der Waals surface area contributed by atoms with Gasteiger partial charge >= 0.3 is 46.4 Å². The summed E-state index contributed by atoms with van der Waals surface area (Å²) < 4.78 is 127. The molecule has 294 valence electrons. The highest BCUT2D eigenvalue weighted by Gasteiger charge is 2.47. The molecule has 4 aromatic carbocycles. The highest BCUT2D eigenvalue weighted by atomic mass is 32.2. The number of aliphatic hydroxyl groups excluding tert-OH is 1. The third-order valence-corrected chi connectivity index (χ3v) is 12.1. The van der Waals surface area contributed by atoms with Gasteiger partial charge in [0.2, 0.25) is 0 Å². The lowest BCUT2D eigenvalue weighted by Crippen LogP contribution is -2.59. The number of aliphatic hydroxyl groups is 4.